The van der Waals surface area contributed by atoms with E-state index in [1.165, 1.54) is 19.3 Å². The molecule has 1 aromatic carbocycles. The van der Waals surface area contributed by atoms with Crippen LogP contribution in [-0.2, 0) is 11.3 Å². The molecule has 5 nitrogen and oxygen atoms in total. The number of hydrogen-bond donors (Lipinski definition) is 1. The summed E-state index contributed by atoms with van der Waals surface area (Å²) in [4.78, 5) is 27.5. The van der Waals surface area contributed by atoms with Gasteiger partial charge in [0.25, 0.3) is 0 Å². The van der Waals surface area contributed by atoms with Crippen LogP contribution in [0.5, 0.6) is 0 Å². The van der Waals surface area contributed by atoms with Crippen molar-refractivity contribution in [1.29, 1.82) is 0 Å². The third-order valence-electron chi connectivity index (χ3n) is 4.99. The van der Waals surface area contributed by atoms with Gasteiger partial charge >= 0.3 is 0 Å². The Balaban J connectivity index is 1.45. The molecule has 0 bridgehead atoms. The summed E-state index contributed by atoms with van der Waals surface area (Å²) in [5.41, 5.74) is 6.95. The van der Waals surface area contributed by atoms with E-state index in [9.17, 15) is 9.59 Å². The largest absolute Gasteiger partial charge is 0.366 e. The van der Waals surface area contributed by atoms with E-state index in [4.69, 9.17) is 5.73 Å². The number of rotatable bonds is 5. The number of carbonyl (C=O) groups excluding carboxylic acids is 2. The fourth-order valence-electron chi connectivity index (χ4n) is 3.12. The predicted octanol–water partition coefficient (Wildman–Crippen LogP) is 1.79. The number of hydrogen-bond acceptors (Lipinski definition) is 3. The molecule has 0 aromatic heterocycles. The molecule has 0 atom stereocenters. The Morgan fingerprint density at radius 1 is 1.08 bits per heavy atom. The topological polar surface area (TPSA) is 66.6 Å². The minimum Gasteiger partial charge on any atom is -0.366 e. The van der Waals surface area contributed by atoms with E-state index in [2.05, 4.69) is 11.0 Å². The van der Waals surface area contributed by atoms with E-state index >= 15 is 0 Å². The van der Waals surface area contributed by atoms with Crippen LogP contribution in [0.1, 0.15) is 35.2 Å². The van der Waals surface area contributed by atoms with E-state index in [0.29, 0.717) is 11.5 Å². The Morgan fingerprint density at radius 3 is 2.29 bits per heavy atom. The van der Waals surface area contributed by atoms with Gasteiger partial charge < -0.3 is 10.6 Å². The first kappa shape index (κ1) is 16.7. The van der Waals surface area contributed by atoms with Crippen LogP contribution in [0.15, 0.2) is 36.4 Å². The quantitative estimate of drug-likeness (QED) is 0.839. The van der Waals surface area contributed by atoms with Crippen molar-refractivity contribution in [2.24, 2.45) is 11.7 Å². The van der Waals surface area contributed by atoms with Gasteiger partial charge in [-0.05, 0) is 42.5 Å². The van der Waals surface area contributed by atoms with Gasteiger partial charge in [-0.25, -0.2) is 0 Å². The lowest BCUT2D eigenvalue weighted by Gasteiger charge is -2.34. The number of primary amides is 1. The summed E-state index contributed by atoms with van der Waals surface area (Å²) in [6, 6.07) is 7.42. The van der Waals surface area contributed by atoms with Crippen LogP contribution >= 0.6 is 0 Å². The molecule has 5 heteroatoms. The molecule has 1 saturated carbocycles. The van der Waals surface area contributed by atoms with Crippen molar-refractivity contribution in [3.63, 3.8) is 0 Å². The number of carbonyl (C=O) groups is 2. The zero-order chi connectivity index (χ0) is 16.9. The standard InChI is InChI=1S/C19H25N3O2/c20-19(24)17-7-4-16(5-8-17)14-21-10-12-22(13-11-21)18(23)9-6-15-2-1-3-15/h4-9,15H,1-3,10-14H2,(H2,20,24)/b9-6+. The van der Waals surface area contributed by atoms with Gasteiger partial charge in [0.2, 0.25) is 11.8 Å². The van der Waals surface area contributed by atoms with Gasteiger partial charge in [0.1, 0.15) is 0 Å². The van der Waals surface area contributed by atoms with Gasteiger partial charge in [0.15, 0.2) is 0 Å². The zero-order valence-corrected chi connectivity index (χ0v) is 14.0. The number of piperazine rings is 1. The molecule has 2 aliphatic rings. The van der Waals surface area contributed by atoms with Gasteiger partial charge in [0, 0.05) is 38.3 Å². The molecule has 1 saturated heterocycles. The fourth-order valence-corrected chi connectivity index (χ4v) is 3.12. The van der Waals surface area contributed by atoms with E-state index < -0.39 is 5.91 Å². The first-order chi connectivity index (χ1) is 11.6. The lowest BCUT2D eigenvalue weighted by atomic mass is 9.85. The van der Waals surface area contributed by atoms with Crippen LogP contribution < -0.4 is 5.73 Å². The monoisotopic (exact) mass is 327 g/mol. The molecule has 3 rings (SSSR count). The fraction of sp³-hybridized carbons (Fsp3) is 0.474. The molecule has 0 unspecified atom stereocenters. The van der Waals surface area contributed by atoms with Gasteiger partial charge in [-0.15, -0.1) is 0 Å². The van der Waals surface area contributed by atoms with Gasteiger partial charge in [0.05, 0.1) is 0 Å². The maximum absolute atomic E-state index is 12.2. The second-order valence-corrected chi connectivity index (χ2v) is 6.71. The molecule has 2 fully saturated rings. The highest BCUT2D eigenvalue weighted by atomic mass is 16.2. The summed E-state index contributed by atoms with van der Waals surface area (Å²) >= 11 is 0. The van der Waals surface area contributed by atoms with E-state index in [1.807, 2.05) is 17.0 Å². The second-order valence-electron chi connectivity index (χ2n) is 6.71. The van der Waals surface area contributed by atoms with Crippen molar-refractivity contribution in [2.75, 3.05) is 26.2 Å². The smallest absolute Gasteiger partial charge is 0.248 e. The SMILES string of the molecule is NC(=O)c1ccc(CN2CCN(C(=O)/C=C/C3CCC3)CC2)cc1. The normalized spacial score (nSPS) is 19.4. The molecule has 24 heavy (non-hydrogen) atoms. The minimum absolute atomic E-state index is 0.146. The zero-order valence-electron chi connectivity index (χ0n) is 14.0. The lowest BCUT2D eigenvalue weighted by molar-refractivity contribution is -0.127. The molecule has 0 radical (unpaired) electrons. The lowest BCUT2D eigenvalue weighted by Crippen LogP contribution is -2.47. The molecule has 2 N–H and O–H groups in total. The highest BCUT2D eigenvalue weighted by Crippen LogP contribution is 2.27. The average Bonchev–Trinajstić information content (AvgIpc) is 2.54. The van der Waals surface area contributed by atoms with Crippen molar-refractivity contribution < 1.29 is 9.59 Å². The average molecular weight is 327 g/mol. The second kappa shape index (κ2) is 7.62. The Kier molecular flexibility index (Phi) is 5.30. The molecule has 0 spiro atoms. The molecular formula is C19H25N3O2. The van der Waals surface area contributed by atoms with Crippen molar-refractivity contribution in [1.82, 2.24) is 9.80 Å². The first-order valence-electron chi connectivity index (χ1n) is 8.70. The maximum atomic E-state index is 12.2. The van der Waals surface area contributed by atoms with Crippen LogP contribution in [-0.4, -0.2) is 47.8 Å². The summed E-state index contributed by atoms with van der Waals surface area (Å²) in [6.07, 6.45) is 7.60. The van der Waals surface area contributed by atoms with Crippen LogP contribution in [0.2, 0.25) is 0 Å². The van der Waals surface area contributed by atoms with Crippen molar-refractivity contribution in [3.05, 3.63) is 47.5 Å². The summed E-state index contributed by atoms with van der Waals surface area (Å²) in [6.45, 7) is 4.13. The first-order valence-corrected chi connectivity index (χ1v) is 8.70. The molecular weight excluding hydrogens is 302 g/mol. The Labute approximate surface area is 143 Å². The molecule has 1 aliphatic heterocycles. The summed E-state index contributed by atoms with van der Waals surface area (Å²) < 4.78 is 0. The molecule has 2 amide bonds. The van der Waals surface area contributed by atoms with Crippen LogP contribution in [0.4, 0.5) is 0 Å². The summed E-state index contributed by atoms with van der Waals surface area (Å²) in [5, 5.41) is 0. The third kappa shape index (κ3) is 4.23. The highest BCUT2D eigenvalue weighted by Gasteiger charge is 2.20. The predicted molar refractivity (Wildman–Crippen MR) is 93.3 cm³/mol. The van der Waals surface area contributed by atoms with E-state index in [1.54, 1.807) is 18.2 Å². The third-order valence-corrected chi connectivity index (χ3v) is 4.99. The number of allylic oxidation sites excluding steroid dienone is 1. The summed E-state index contributed by atoms with van der Waals surface area (Å²) in [5.74, 6) is 0.370. The Hall–Kier alpha value is -2.14. The highest BCUT2D eigenvalue weighted by molar-refractivity contribution is 5.92. The molecule has 1 aromatic rings. The number of nitrogens with zero attached hydrogens (tertiary/aromatic N) is 2. The molecule has 1 heterocycles. The van der Waals surface area contributed by atoms with E-state index in [0.717, 1.165) is 38.3 Å². The van der Waals surface area contributed by atoms with Crippen molar-refractivity contribution in [3.8, 4) is 0 Å². The number of amides is 2. The van der Waals surface area contributed by atoms with Gasteiger partial charge in [-0.1, -0.05) is 24.6 Å². The van der Waals surface area contributed by atoms with Crippen molar-refractivity contribution in [2.45, 2.75) is 25.8 Å². The summed E-state index contributed by atoms with van der Waals surface area (Å²) in [7, 11) is 0. The Morgan fingerprint density at radius 2 is 1.75 bits per heavy atom. The van der Waals surface area contributed by atoms with Crippen LogP contribution in [0.3, 0.4) is 0 Å². The van der Waals surface area contributed by atoms with Gasteiger partial charge in [-0.2, -0.15) is 0 Å². The van der Waals surface area contributed by atoms with E-state index in [-0.39, 0.29) is 5.91 Å². The Bertz CT molecular complexity index is 612. The van der Waals surface area contributed by atoms with Crippen LogP contribution in [0.25, 0.3) is 0 Å². The molecule has 128 valence electrons. The number of nitrogens with two attached hydrogens (primary N) is 1. The van der Waals surface area contributed by atoms with Crippen molar-refractivity contribution >= 4 is 11.8 Å². The number of benzene rings is 1. The molecule has 1 aliphatic carbocycles. The minimum atomic E-state index is -0.399. The maximum Gasteiger partial charge on any atom is 0.248 e. The van der Waals surface area contributed by atoms with Crippen LogP contribution in [0, 0.1) is 5.92 Å². The van der Waals surface area contributed by atoms with Gasteiger partial charge in [-0.3, -0.25) is 14.5 Å².